The summed E-state index contributed by atoms with van der Waals surface area (Å²) in [5.41, 5.74) is 5.62. The van der Waals surface area contributed by atoms with E-state index < -0.39 is 0 Å². The van der Waals surface area contributed by atoms with Crippen molar-refractivity contribution in [2.75, 3.05) is 0 Å². The van der Waals surface area contributed by atoms with Crippen LogP contribution < -0.4 is 10.3 Å². The van der Waals surface area contributed by atoms with Crippen molar-refractivity contribution in [1.29, 1.82) is 0 Å². The van der Waals surface area contributed by atoms with Crippen molar-refractivity contribution in [2.45, 2.75) is 20.5 Å². The number of halogens is 2. The van der Waals surface area contributed by atoms with Crippen molar-refractivity contribution >= 4 is 51.3 Å². The maximum atomic E-state index is 13.7. The quantitative estimate of drug-likeness (QED) is 0.164. The number of aryl methyl sites for hydroxylation is 1. The van der Waals surface area contributed by atoms with Gasteiger partial charge in [-0.2, -0.15) is 9.78 Å². The van der Waals surface area contributed by atoms with Crippen LogP contribution in [0.2, 0.25) is 10.0 Å². The van der Waals surface area contributed by atoms with Gasteiger partial charge < -0.3 is 13.7 Å². The maximum absolute atomic E-state index is 13.7. The van der Waals surface area contributed by atoms with Gasteiger partial charge in [-0.1, -0.05) is 53.5 Å². The largest absolute Gasteiger partial charge is 0.489 e. The van der Waals surface area contributed by atoms with Crippen LogP contribution in [0, 0.1) is 13.8 Å². The minimum Gasteiger partial charge on any atom is -0.489 e. The molecule has 4 aromatic carbocycles. The summed E-state index contributed by atoms with van der Waals surface area (Å²) in [6, 6.07) is 31.9. The second-order valence-electron chi connectivity index (χ2n) is 10.6. The Balaban J connectivity index is 1.22. The summed E-state index contributed by atoms with van der Waals surface area (Å²) in [6.07, 6.45) is 1.68. The first kappa shape index (κ1) is 28.6. The highest BCUT2D eigenvalue weighted by Crippen LogP contribution is 2.29. The van der Waals surface area contributed by atoms with E-state index in [0.29, 0.717) is 44.7 Å². The summed E-state index contributed by atoms with van der Waals surface area (Å²) in [5.74, 6) is 1.45. The molecule has 0 spiro atoms. The highest BCUT2D eigenvalue weighted by Gasteiger charge is 2.17. The third-order valence-electron chi connectivity index (χ3n) is 7.68. The summed E-state index contributed by atoms with van der Waals surface area (Å²) in [7, 11) is 0. The number of hydrogen-bond acceptors (Lipinski definition) is 5. The smallest absolute Gasteiger partial charge is 0.282 e. The van der Waals surface area contributed by atoms with Gasteiger partial charge in [-0.25, -0.2) is 4.98 Å². The SMILES string of the molecule is Cc1cc(C=Nn2c(-c3cc4cc(Cl)ccc4o3)nc3ccccc3c2=O)c(C)n1-c1ccc(OCc2ccccc2Cl)cc1. The van der Waals surface area contributed by atoms with E-state index in [-0.39, 0.29) is 5.56 Å². The van der Waals surface area contributed by atoms with E-state index in [1.54, 1.807) is 30.5 Å². The molecule has 0 bridgehead atoms. The first-order chi connectivity index (χ1) is 21.9. The van der Waals surface area contributed by atoms with Crippen LogP contribution in [0.4, 0.5) is 0 Å². The number of furan rings is 1. The third kappa shape index (κ3) is 5.52. The number of benzene rings is 4. The molecule has 7 aromatic rings. The van der Waals surface area contributed by atoms with E-state index >= 15 is 0 Å². The van der Waals surface area contributed by atoms with Crippen LogP contribution in [-0.2, 0) is 6.61 Å². The molecule has 0 aliphatic rings. The summed E-state index contributed by atoms with van der Waals surface area (Å²) < 4.78 is 15.5. The molecule has 7 rings (SSSR count). The molecule has 7 nitrogen and oxygen atoms in total. The average Bonchev–Trinajstić information content (AvgIpc) is 3.59. The number of fused-ring (bicyclic) bond motifs is 2. The molecule has 0 aliphatic heterocycles. The molecule has 0 radical (unpaired) electrons. The zero-order chi connectivity index (χ0) is 31.1. The maximum Gasteiger partial charge on any atom is 0.282 e. The molecule has 0 unspecified atom stereocenters. The van der Waals surface area contributed by atoms with Crippen molar-refractivity contribution in [3.63, 3.8) is 0 Å². The van der Waals surface area contributed by atoms with Gasteiger partial charge >= 0.3 is 0 Å². The van der Waals surface area contributed by atoms with Gasteiger partial charge in [0, 0.05) is 43.6 Å². The van der Waals surface area contributed by atoms with Gasteiger partial charge in [0.1, 0.15) is 17.9 Å². The summed E-state index contributed by atoms with van der Waals surface area (Å²) >= 11 is 12.5. The minimum absolute atomic E-state index is 0.295. The van der Waals surface area contributed by atoms with Crippen molar-refractivity contribution in [2.24, 2.45) is 5.10 Å². The Kier molecular flexibility index (Phi) is 7.49. The lowest BCUT2D eigenvalue weighted by molar-refractivity contribution is 0.306. The van der Waals surface area contributed by atoms with Crippen LogP contribution in [0.3, 0.4) is 0 Å². The molecule has 3 heterocycles. The summed E-state index contributed by atoms with van der Waals surface area (Å²) in [5, 5.41) is 7.19. The zero-order valence-corrected chi connectivity index (χ0v) is 25.9. The Morgan fingerprint density at radius 3 is 2.51 bits per heavy atom. The van der Waals surface area contributed by atoms with Gasteiger partial charge in [0.2, 0.25) is 5.82 Å². The lowest BCUT2D eigenvalue weighted by atomic mass is 10.2. The highest BCUT2D eigenvalue weighted by molar-refractivity contribution is 6.31. The molecule has 0 amide bonds. The molecule has 0 N–H and O–H groups in total. The number of rotatable bonds is 7. The Morgan fingerprint density at radius 1 is 0.911 bits per heavy atom. The molecule has 9 heteroatoms. The molecule has 0 aliphatic carbocycles. The zero-order valence-electron chi connectivity index (χ0n) is 24.4. The first-order valence-electron chi connectivity index (χ1n) is 14.3. The van der Waals surface area contributed by atoms with Gasteiger partial charge in [-0.05, 0) is 86.6 Å². The molecular formula is C36H26Cl2N4O3. The van der Waals surface area contributed by atoms with E-state index in [2.05, 4.69) is 9.67 Å². The fraction of sp³-hybridized carbons (Fsp3) is 0.0833. The lowest BCUT2D eigenvalue weighted by Gasteiger charge is -2.12. The fourth-order valence-electron chi connectivity index (χ4n) is 5.42. The van der Waals surface area contributed by atoms with Gasteiger partial charge in [0.15, 0.2) is 5.76 Å². The lowest BCUT2D eigenvalue weighted by Crippen LogP contribution is -2.20. The predicted molar refractivity (Wildman–Crippen MR) is 180 cm³/mol. The summed E-state index contributed by atoms with van der Waals surface area (Å²) in [6.45, 7) is 4.43. The van der Waals surface area contributed by atoms with Gasteiger partial charge in [-0.15, -0.1) is 0 Å². The Morgan fingerprint density at radius 2 is 1.69 bits per heavy atom. The molecule has 0 fully saturated rings. The second-order valence-corrected chi connectivity index (χ2v) is 11.5. The van der Waals surface area contributed by atoms with Crippen LogP contribution in [-0.4, -0.2) is 20.4 Å². The average molecular weight is 634 g/mol. The third-order valence-corrected chi connectivity index (χ3v) is 8.29. The molecular weight excluding hydrogens is 607 g/mol. The van der Waals surface area contributed by atoms with Crippen LogP contribution in [0.5, 0.6) is 5.75 Å². The fourth-order valence-corrected chi connectivity index (χ4v) is 5.79. The minimum atomic E-state index is -0.300. The molecule has 0 saturated heterocycles. The number of hydrogen-bond donors (Lipinski definition) is 0. The first-order valence-corrected chi connectivity index (χ1v) is 15.0. The van der Waals surface area contributed by atoms with Crippen molar-refractivity contribution in [3.8, 4) is 23.0 Å². The highest BCUT2D eigenvalue weighted by atomic mass is 35.5. The van der Waals surface area contributed by atoms with Crippen LogP contribution >= 0.6 is 23.2 Å². The second kappa shape index (κ2) is 11.8. The van der Waals surface area contributed by atoms with Gasteiger partial charge in [0.05, 0.1) is 17.1 Å². The van der Waals surface area contributed by atoms with E-state index in [9.17, 15) is 4.79 Å². The molecule has 45 heavy (non-hydrogen) atoms. The Hall–Kier alpha value is -5.11. The normalized spacial score (nSPS) is 11.6. The van der Waals surface area contributed by atoms with Crippen LogP contribution in [0.1, 0.15) is 22.5 Å². The van der Waals surface area contributed by atoms with E-state index in [1.165, 1.54) is 4.68 Å². The van der Waals surface area contributed by atoms with Crippen molar-refractivity contribution in [1.82, 2.24) is 14.2 Å². The predicted octanol–water partition coefficient (Wildman–Crippen LogP) is 8.99. The number of ether oxygens (including phenoxy) is 1. The number of nitrogens with zero attached hydrogens (tertiary/aromatic N) is 4. The molecule has 0 saturated carbocycles. The number of para-hydroxylation sites is 1. The topological polar surface area (TPSA) is 74.5 Å². The van der Waals surface area contributed by atoms with Crippen LogP contribution in [0.15, 0.2) is 117 Å². The van der Waals surface area contributed by atoms with E-state index in [4.69, 9.17) is 37.3 Å². The van der Waals surface area contributed by atoms with E-state index in [0.717, 1.165) is 39.3 Å². The van der Waals surface area contributed by atoms with E-state index in [1.807, 2.05) is 92.7 Å². The van der Waals surface area contributed by atoms with Crippen molar-refractivity contribution in [3.05, 3.63) is 146 Å². The van der Waals surface area contributed by atoms with Crippen molar-refractivity contribution < 1.29 is 9.15 Å². The Bertz CT molecular complexity index is 2300. The molecule has 3 aromatic heterocycles. The molecule has 222 valence electrons. The number of aromatic nitrogens is 3. The Labute approximate surface area is 268 Å². The summed E-state index contributed by atoms with van der Waals surface area (Å²) in [4.78, 5) is 18.5. The molecule has 0 atom stereocenters. The monoisotopic (exact) mass is 632 g/mol. The van der Waals surface area contributed by atoms with Gasteiger partial charge in [-0.3, -0.25) is 4.79 Å². The van der Waals surface area contributed by atoms with Crippen LogP contribution in [0.25, 0.3) is 39.1 Å². The standard InChI is InChI=1S/C36H26Cl2N4O3/c1-22-17-26(23(2)41(22)28-12-14-29(15-13-28)44-21-24-7-3-5-9-31(24)38)20-39-42-35(40-32-10-6-4-8-30(32)36(42)43)34-19-25-18-27(37)11-16-33(25)45-34/h3-20H,21H2,1-2H3. The van der Waals surface area contributed by atoms with Gasteiger partial charge in [0.25, 0.3) is 5.56 Å².